The second-order valence-corrected chi connectivity index (χ2v) is 5.10. The summed E-state index contributed by atoms with van der Waals surface area (Å²) in [6.07, 6.45) is 1.10. The first-order valence-electron chi connectivity index (χ1n) is 7.15. The Kier molecular flexibility index (Phi) is 5.53. The molecule has 0 aliphatic heterocycles. The monoisotopic (exact) mass is 324 g/mol. The molecule has 0 atom stereocenters. The van der Waals surface area contributed by atoms with Crippen molar-refractivity contribution in [1.82, 2.24) is 10.2 Å². The van der Waals surface area contributed by atoms with Crippen LogP contribution in [-0.4, -0.2) is 37.4 Å². The van der Waals surface area contributed by atoms with Crippen LogP contribution in [0.2, 0.25) is 0 Å². The largest absolute Gasteiger partial charge is 0.430 e. The summed E-state index contributed by atoms with van der Waals surface area (Å²) in [5.74, 6) is 5.26. The molecule has 1 heterocycles. The molecular formula is C18H16N2O4. The molecule has 0 aliphatic rings. The summed E-state index contributed by atoms with van der Waals surface area (Å²) in [6, 6.07) is 9.47. The molecular weight excluding hydrogens is 308 g/mol. The van der Waals surface area contributed by atoms with E-state index in [-0.39, 0.29) is 23.9 Å². The zero-order chi connectivity index (χ0) is 17.5. The highest BCUT2D eigenvalue weighted by Gasteiger charge is 2.06. The van der Waals surface area contributed by atoms with Gasteiger partial charge in [-0.1, -0.05) is 11.8 Å². The lowest BCUT2D eigenvalue weighted by molar-refractivity contribution is 0.0827. The number of carbonyl (C=O) groups is 2. The third-order valence-corrected chi connectivity index (χ3v) is 3.07. The molecule has 0 aliphatic carbocycles. The van der Waals surface area contributed by atoms with Gasteiger partial charge in [-0.3, -0.25) is 9.59 Å². The summed E-state index contributed by atoms with van der Waals surface area (Å²) in [7, 11) is 3.38. The van der Waals surface area contributed by atoms with E-state index in [1.165, 1.54) is 17.0 Å². The van der Waals surface area contributed by atoms with E-state index in [1.807, 2.05) is 0 Å². The molecule has 0 saturated carbocycles. The van der Waals surface area contributed by atoms with Crippen molar-refractivity contribution in [1.29, 1.82) is 0 Å². The summed E-state index contributed by atoms with van der Waals surface area (Å²) in [5.41, 5.74) is 1.07. The first-order valence-corrected chi connectivity index (χ1v) is 7.15. The number of hydrogen-bond acceptors (Lipinski definition) is 4. The number of amides is 2. The lowest BCUT2D eigenvalue weighted by Crippen LogP contribution is -2.23. The molecule has 1 N–H and O–H groups in total. The average molecular weight is 324 g/mol. The highest BCUT2D eigenvalue weighted by molar-refractivity contribution is 5.94. The molecule has 0 bridgehead atoms. The molecule has 24 heavy (non-hydrogen) atoms. The zero-order valence-corrected chi connectivity index (χ0v) is 13.3. The molecule has 0 unspecified atom stereocenters. The van der Waals surface area contributed by atoms with E-state index in [0.717, 1.165) is 11.8 Å². The Hall–Kier alpha value is -3.33. The Balaban J connectivity index is 1.91. The van der Waals surface area contributed by atoms with Gasteiger partial charge in [0.05, 0.1) is 12.1 Å². The van der Waals surface area contributed by atoms with Crippen LogP contribution in [0.25, 0.3) is 0 Å². The Morgan fingerprint density at radius 1 is 1.08 bits per heavy atom. The number of carbonyl (C=O) groups excluding carboxylic acids is 2. The summed E-state index contributed by atoms with van der Waals surface area (Å²) < 4.78 is 4.62. The van der Waals surface area contributed by atoms with Gasteiger partial charge in [0.2, 0.25) is 0 Å². The van der Waals surface area contributed by atoms with Crippen LogP contribution in [0.1, 0.15) is 26.3 Å². The molecule has 0 fully saturated rings. The van der Waals surface area contributed by atoms with Crippen LogP contribution < -0.4 is 10.9 Å². The minimum atomic E-state index is -0.512. The molecule has 2 amide bonds. The number of nitrogens with one attached hydrogen (secondary N) is 1. The summed E-state index contributed by atoms with van der Waals surface area (Å²) in [6.45, 7) is 0.149. The average Bonchev–Trinajstić information content (AvgIpc) is 2.59. The molecule has 1 aromatic carbocycles. The fraction of sp³-hybridized carbons (Fsp3) is 0.167. The molecule has 122 valence electrons. The second kappa shape index (κ2) is 7.79. The van der Waals surface area contributed by atoms with E-state index in [0.29, 0.717) is 5.56 Å². The topological polar surface area (TPSA) is 79.6 Å². The minimum absolute atomic E-state index is 0.0729. The Morgan fingerprint density at radius 2 is 1.75 bits per heavy atom. The van der Waals surface area contributed by atoms with Gasteiger partial charge in [0, 0.05) is 31.3 Å². The smallest absolute Gasteiger partial charge is 0.335 e. The van der Waals surface area contributed by atoms with Crippen molar-refractivity contribution < 1.29 is 14.0 Å². The van der Waals surface area contributed by atoms with E-state index in [2.05, 4.69) is 21.6 Å². The fourth-order valence-electron chi connectivity index (χ4n) is 1.81. The van der Waals surface area contributed by atoms with Crippen molar-refractivity contribution in [2.75, 3.05) is 20.6 Å². The first kappa shape index (κ1) is 17.0. The highest BCUT2D eigenvalue weighted by atomic mass is 16.4. The molecule has 2 aromatic rings. The van der Waals surface area contributed by atoms with Gasteiger partial charge in [0.1, 0.15) is 6.26 Å². The fourth-order valence-corrected chi connectivity index (χ4v) is 1.81. The molecule has 1 aromatic heterocycles. The molecule has 0 spiro atoms. The lowest BCUT2D eigenvalue weighted by Gasteiger charge is -2.09. The second-order valence-electron chi connectivity index (χ2n) is 5.10. The van der Waals surface area contributed by atoms with Gasteiger partial charge >= 0.3 is 5.63 Å². The predicted molar refractivity (Wildman–Crippen MR) is 88.6 cm³/mol. The molecule has 0 saturated heterocycles. The van der Waals surface area contributed by atoms with E-state index >= 15 is 0 Å². The number of benzene rings is 1. The van der Waals surface area contributed by atoms with Crippen LogP contribution in [0.5, 0.6) is 0 Å². The van der Waals surface area contributed by atoms with Gasteiger partial charge in [-0.15, -0.1) is 0 Å². The lowest BCUT2D eigenvalue weighted by atomic mass is 10.1. The van der Waals surface area contributed by atoms with Gasteiger partial charge in [0.15, 0.2) is 0 Å². The first-order chi connectivity index (χ1) is 11.5. The number of rotatable bonds is 3. The maximum absolute atomic E-state index is 11.8. The van der Waals surface area contributed by atoms with Crippen LogP contribution in [-0.2, 0) is 0 Å². The standard InChI is InChI=1S/C18H16N2O4/c1-20(2)18(23)14-7-5-13(6-8-14)4-3-11-19-17(22)15-9-10-16(21)24-12-15/h5-10,12H,11H2,1-2H3,(H,19,22). The van der Waals surface area contributed by atoms with Crippen LogP contribution in [0.15, 0.2) is 51.9 Å². The number of nitrogens with zero attached hydrogens (tertiary/aromatic N) is 1. The van der Waals surface area contributed by atoms with Crippen LogP contribution in [0.3, 0.4) is 0 Å². The van der Waals surface area contributed by atoms with Crippen molar-refractivity contribution in [2.45, 2.75) is 0 Å². The predicted octanol–water partition coefficient (Wildman–Crippen LogP) is 1.12. The normalized spacial score (nSPS) is 9.58. The Morgan fingerprint density at radius 3 is 2.33 bits per heavy atom. The Labute approximate surface area is 139 Å². The van der Waals surface area contributed by atoms with Crippen LogP contribution in [0, 0.1) is 11.8 Å². The van der Waals surface area contributed by atoms with Crippen molar-refractivity contribution in [2.24, 2.45) is 0 Å². The minimum Gasteiger partial charge on any atom is -0.430 e. The maximum atomic E-state index is 11.8. The van der Waals surface area contributed by atoms with Crippen molar-refractivity contribution in [3.8, 4) is 11.8 Å². The Bertz CT molecular complexity index is 835. The summed E-state index contributed by atoms with van der Waals surface area (Å²) in [5, 5.41) is 2.60. The summed E-state index contributed by atoms with van der Waals surface area (Å²) >= 11 is 0. The quantitative estimate of drug-likeness (QED) is 0.858. The molecule has 6 heteroatoms. The van der Waals surface area contributed by atoms with Crippen molar-refractivity contribution >= 4 is 11.8 Å². The third kappa shape index (κ3) is 4.58. The van der Waals surface area contributed by atoms with E-state index in [4.69, 9.17) is 0 Å². The van der Waals surface area contributed by atoms with Gasteiger partial charge in [0.25, 0.3) is 11.8 Å². The van der Waals surface area contributed by atoms with Crippen molar-refractivity contribution in [3.63, 3.8) is 0 Å². The van der Waals surface area contributed by atoms with Gasteiger partial charge in [-0.2, -0.15) is 0 Å². The van der Waals surface area contributed by atoms with E-state index < -0.39 is 5.63 Å². The van der Waals surface area contributed by atoms with Crippen LogP contribution >= 0.6 is 0 Å². The van der Waals surface area contributed by atoms with Gasteiger partial charge < -0.3 is 14.6 Å². The van der Waals surface area contributed by atoms with Gasteiger partial charge in [-0.05, 0) is 30.3 Å². The van der Waals surface area contributed by atoms with Crippen molar-refractivity contribution in [3.05, 3.63) is 69.8 Å². The maximum Gasteiger partial charge on any atom is 0.335 e. The van der Waals surface area contributed by atoms with Crippen LogP contribution in [0.4, 0.5) is 0 Å². The van der Waals surface area contributed by atoms with Gasteiger partial charge in [-0.25, -0.2) is 4.79 Å². The van der Waals surface area contributed by atoms with E-state index in [9.17, 15) is 14.4 Å². The third-order valence-electron chi connectivity index (χ3n) is 3.07. The molecule has 2 rings (SSSR count). The number of hydrogen-bond donors (Lipinski definition) is 1. The zero-order valence-electron chi connectivity index (χ0n) is 13.3. The highest BCUT2D eigenvalue weighted by Crippen LogP contribution is 2.05. The SMILES string of the molecule is CN(C)C(=O)c1ccc(C#CCNC(=O)c2ccc(=O)oc2)cc1. The summed E-state index contributed by atoms with van der Waals surface area (Å²) in [4.78, 5) is 35.9. The molecule has 6 nitrogen and oxygen atoms in total. The molecule has 0 radical (unpaired) electrons. The van der Waals surface area contributed by atoms with E-state index in [1.54, 1.807) is 38.4 Å².